The monoisotopic (exact) mass is 254 g/mol. The number of rotatable bonds is 1. The van der Waals surface area contributed by atoms with Crippen molar-refractivity contribution in [2.75, 3.05) is 13.6 Å². The van der Waals surface area contributed by atoms with E-state index in [-0.39, 0.29) is 18.4 Å². The summed E-state index contributed by atoms with van der Waals surface area (Å²) in [5.41, 5.74) is 0.850. The molecule has 1 aliphatic rings. The van der Waals surface area contributed by atoms with Crippen LogP contribution in [0.1, 0.15) is 11.6 Å². The average Bonchev–Trinajstić information content (AvgIpc) is 2.42. The largest absolute Gasteiger partial charge is 0.339 e. The molecule has 0 bridgehead atoms. The van der Waals surface area contributed by atoms with Crippen LogP contribution in [0.3, 0.4) is 0 Å². The lowest BCUT2D eigenvalue weighted by molar-refractivity contribution is -0.143. The fourth-order valence-corrected chi connectivity index (χ4v) is 2.50. The first-order valence-electron chi connectivity index (χ1n) is 6.19. The van der Waals surface area contributed by atoms with Crippen molar-refractivity contribution in [2.45, 2.75) is 6.04 Å². The molecule has 19 heavy (non-hydrogen) atoms. The number of nitrogens with zero attached hydrogens (tertiary/aromatic N) is 1. The third-order valence-electron chi connectivity index (χ3n) is 3.44. The van der Waals surface area contributed by atoms with Crippen molar-refractivity contribution < 1.29 is 9.59 Å². The quantitative estimate of drug-likeness (QED) is 0.837. The lowest BCUT2D eigenvalue weighted by Crippen LogP contribution is -2.51. The first kappa shape index (κ1) is 11.7. The number of hydrogen-bond donors (Lipinski definition) is 1. The van der Waals surface area contributed by atoms with Crippen LogP contribution in [0.2, 0.25) is 0 Å². The summed E-state index contributed by atoms with van der Waals surface area (Å²) in [5, 5.41) is 4.84. The number of likely N-dealkylation sites (N-methyl/N-ethyl adjacent to an activating group) is 1. The molecule has 0 aromatic heterocycles. The Morgan fingerprint density at radius 1 is 1.11 bits per heavy atom. The van der Waals surface area contributed by atoms with Crippen LogP contribution in [-0.2, 0) is 9.59 Å². The molecule has 2 aromatic rings. The van der Waals surface area contributed by atoms with Crippen molar-refractivity contribution in [1.82, 2.24) is 10.2 Å². The minimum absolute atomic E-state index is 0.0732. The number of amides is 2. The Labute approximate surface area is 111 Å². The summed E-state index contributed by atoms with van der Waals surface area (Å²) < 4.78 is 0. The Morgan fingerprint density at radius 3 is 2.68 bits per heavy atom. The minimum Gasteiger partial charge on any atom is -0.339 e. The van der Waals surface area contributed by atoms with Gasteiger partial charge in [-0.15, -0.1) is 0 Å². The summed E-state index contributed by atoms with van der Waals surface area (Å²) in [7, 11) is 1.65. The summed E-state index contributed by atoms with van der Waals surface area (Å²) in [4.78, 5) is 25.3. The van der Waals surface area contributed by atoms with E-state index in [0.717, 1.165) is 16.3 Å². The highest BCUT2D eigenvalue weighted by Gasteiger charge is 2.32. The number of nitrogens with one attached hydrogen (secondary N) is 1. The number of carbonyl (C=O) groups is 2. The maximum Gasteiger partial charge on any atom is 0.250 e. The number of hydrogen-bond acceptors (Lipinski definition) is 2. The molecule has 3 rings (SSSR count). The molecule has 96 valence electrons. The van der Waals surface area contributed by atoms with Gasteiger partial charge in [0.05, 0.1) is 6.54 Å². The van der Waals surface area contributed by atoms with E-state index < -0.39 is 6.04 Å². The van der Waals surface area contributed by atoms with Gasteiger partial charge in [-0.3, -0.25) is 9.59 Å². The van der Waals surface area contributed by atoms with Gasteiger partial charge >= 0.3 is 0 Å². The van der Waals surface area contributed by atoms with Crippen LogP contribution < -0.4 is 5.32 Å². The molecule has 0 saturated carbocycles. The molecular weight excluding hydrogens is 240 g/mol. The molecule has 1 fully saturated rings. The molecule has 1 N–H and O–H groups in total. The molecule has 0 radical (unpaired) electrons. The Morgan fingerprint density at radius 2 is 1.84 bits per heavy atom. The Hall–Kier alpha value is -2.36. The van der Waals surface area contributed by atoms with Crippen molar-refractivity contribution in [2.24, 2.45) is 0 Å². The van der Waals surface area contributed by atoms with E-state index in [9.17, 15) is 9.59 Å². The number of fused-ring (bicyclic) bond motifs is 1. The summed E-state index contributed by atoms with van der Waals surface area (Å²) in [6, 6.07) is 13.1. The highest BCUT2D eigenvalue weighted by atomic mass is 16.2. The lowest BCUT2D eigenvalue weighted by Gasteiger charge is -2.30. The van der Waals surface area contributed by atoms with Gasteiger partial charge in [-0.05, 0) is 16.3 Å². The zero-order valence-corrected chi connectivity index (χ0v) is 10.6. The van der Waals surface area contributed by atoms with E-state index in [0.29, 0.717) is 0 Å². The molecule has 1 aliphatic heterocycles. The molecule has 0 aliphatic carbocycles. The predicted molar refractivity (Wildman–Crippen MR) is 72.5 cm³/mol. The van der Waals surface area contributed by atoms with Crippen LogP contribution in [0.25, 0.3) is 10.8 Å². The first-order chi connectivity index (χ1) is 9.16. The Balaban J connectivity index is 2.13. The Kier molecular flexibility index (Phi) is 2.71. The zero-order valence-electron chi connectivity index (χ0n) is 10.6. The fraction of sp³-hybridized carbons (Fsp3) is 0.200. The van der Waals surface area contributed by atoms with Crippen LogP contribution in [0.4, 0.5) is 0 Å². The third kappa shape index (κ3) is 1.95. The van der Waals surface area contributed by atoms with Gasteiger partial charge in [0.15, 0.2) is 0 Å². The topological polar surface area (TPSA) is 49.4 Å². The third-order valence-corrected chi connectivity index (χ3v) is 3.44. The lowest BCUT2D eigenvalue weighted by atomic mass is 9.97. The minimum atomic E-state index is -0.586. The molecule has 1 unspecified atom stereocenters. The van der Waals surface area contributed by atoms with Crippen LogP contribution in [0.5, 0.6) is 0 Å². The van der Waals surface area contributed by atoms with E-state index in [1.54, 1.807) is 7.05 Å². The van der Waals surface area contributed by atoms with Crippen molar-refractivity contribution in [3.05, 3.63) is 48.0 Å². The summed E-state index contributed by atoms with van der Waals surface area (Å²) in [6.07, 6.45) is 0. The molecule has 4 heteroatoms. The predicted octanol–water partition coefficient (Wildman–Crippen LogP) is 1.47. The molecule has 2 amide bonds. The van der Waals surface area contributed by atoms with Gasteiger partial charge in [0.2, 0.25) is 11.8 Å². The molecule has 2 aromatic carbocycles. The molecule has 1 heterocycles. The van der Waals surface area contributed by atoms with Crippen LogP contribution in [-0.4, -0.2) is 30.3 Å². The van der Waals surface area contributed by atoms with E-state index in [2.05, 4.69) is 5.32 Å². The highest BCUT2D eigenvalue weighted by molar-refractivity contribution is 5.99. The van der Waals surface area contributed by atoms with Gasteiger partial charge in [-0.1, -0.05) is 42.5 Å². The van der Waals surface area contributed by atoms with Gasteiger partial charge in [-0.2, -0.15) is 0 Å². The normalized spacial score (nSPS) is 19.6. The van der Waals surface area contributed by atoms with Crippen molar-refractivity contribution >= 4 is 22.6 Å². The summed E-state index contributed by atoms with van der Waals surface area (Å²) >= 11 is 0. The summed E-state index contributed by atoms with van der Waals surface area (Å²) in [6.45, 7) is 0.125. The van der Waals surface area contributed by atoms with E-state index in [4.69, 9.17) is 0 Å². The second kappa shape index (κ2) is 4.39. The van der Waals surface area contributed by atoms with Gasteiger partial charge in [0, 0.05) is 7.05 Å². The summed E-state index contributed by atoms with van der Waals surface area (Å²) in [5.74, 6) is -0.198. The second-order valence-corrected chi connectivity index (χ2v) is 4.76. The molecular formula is C15H14N2O2. The van der Waals surface area contributed by atoms with Gasteiger partial charge < -0.3 is 10.2 Å². The smallest absolute Gasteiger partial charge is 0.250 e. The van der Waals surface area contributed by atoms with E-state index in [1.165, 1.54) is 4.90 Å². The van der Waals surface area contributed by atoms with Crippen LogP contribution >= 0.6 is 0 Å². The van der Waals surface area contributed by atoms with E-state index >= 15 is 0 Å². The molecule has 1 saturated heterocycles. The second-order valence-electron chi connectivity index (χ2n) is 4.76. The van der Waals surface area contributed by atoms with Crippen LogP contribution in [0.15, 0.2) is 42.5 Å². The maximum absolute atomic E-state index is 12.2. The number of carbonyl (C=O) groups excluding carboxylic acids is 2. The van der Waals surface area contributed by atoms with Gasteiger partial charge in [0.1, 0.15) is 6.04 Å². The number of piperazine rings is 1. The highest BCUT2D eigenvalue weighted by Crippen LogP contribution is 2.26. The van der Waals surface area contributed by atoms with Gasteiger partial charge in [0.25, 0.3) is 0 Å². The molecule has 1 atom stereocenters. The molecule has 4 nitrogen and oxygen atoms in total. The standard InChI is InChI=1S/C15H14N2O2/c1-17-9-13(18)16-14(15(17)19)12-8-4-6-10-5-2-3-7-11(10)12/h2-8,14H,9H2,1H3,(H,16,18). The first-order valence-corrected chi connectivity index (χ1v) is 6.19. The van der Waals surface area contributed by atoms with Crippen molar-refractivity contribution in [3.8, 4) is 0 Å². The van der Waals surface area contributed by atoms with Crippen molar-refractivity contribution in [3.63, 3.8) is 0 Å². The Bertz CT molecular complexity index is 661. The molecule has 0 spiro atoms. The van der Waals surface area contributed by atoms with Crippen LogP contribution in [0, 0.1) is 0 Å². The van der Waals surface area contributed by atoms with E-state index in [1.807, 2.05) is 42.5 Å². The number of benzene rings is 2. The van der Waals surface area contributed by atoms with Gasteiger partial charge in [-0.25, -0.2) is 0 Å². The average molecular weight is 254 g/mol. The van der Waals surface area contributed by atoms with Crippen molar-refractivity contribution in [1.29, 1.82) is 0 Å². The fourth-order valence-electron chi connectivity index (χ4n) is 2.50. The SMILES string of the molecule is CN1CC(=O)NC(c2cccc3ccccc23)C1=O. The zero-order chi connectivity index (χ0) is 13.4. The maximum atomic E-state index is 12.2.